The zero-order valence-electron chi connectivity index (χ0n) is 10.9. The molecule has 0 aliphatic carbocycles. The van der Waals surface area contributed by atoms with Gasteiger partial charge in [-0.1, -0.05) is 18.2 Å². The van der Waals surface area contributed by atoms with Crippen LogP contribution in [0.2, 0.25) is 0 Å². The summed E-state index contributed by atoms with van der Waals surface area (Å²) in [5, 5.41) is 21.2. The van der Waals surface area contributed by atoms with Gasteiger partial charge in [0.1, 0.15) is 17.9 Å². The van der Waals surface area contributed by atoms with Gasteiger partial charge in [0.15, 0.2) is 0 Å². The minimum atomic E-state index is 0.0809. The largest absolute Gasteiger partial charge is 0.507 e. The van der Waals surface area contributed by atoms with E-state index < -0.39 is 0 Å². The molecule has 5 nitrogen and oxygen atoms in total. The van der Waals surface area contributed by atoms with E-state index in [1.807, 2.05) is 43.7 Å². The first-order valence-electron chi connectivity index (χ1n) is 5.94. The molecular formula is C13H18N4O. The van der Waals surface area contributed by atoms with Crippen molar-refractivity contribution >= 4 is 0 Å². The summed E-state index contributed by atoms with van der Waals surface area (Å²) in [4.78, 5) is 0. The van der Waals surface area contributed by atoms with Gasteiger partial charge in [0, 0.05) is 19.2 Å². The molecule has 0 aliphatic rings. The summed E-state index contributed by atoms with van der Waals surface area (Å²) < 4.78 is 1.88. The van der Waals surface area contributed by atoms with Gasteiger partial charge >= 0.3 is 0 Å². The number of nitrogens with zero attached hydrogens (tertiary/aromatic N) is 3. The van der Waals surface area contributed by atoms with Crippen molar-refractivity contribution in [3.05, 3.63) is 41.5 Å². The molecule has 0 bridgehead atoms. The van der Waals surface area contributed by atoms with Crippen molar-refractivity contribution in [3.63, 3.8) is 0 Å². The van der Waals surface area contributed by atoms with Gasteiger partial charge in [-0.15, -0.1) is 10.2 Å². The molecule has 1 unspecified atom stereocenters. The highest BCUT2D eigenvalue weighted by atomic mass is 16.3. The molecule has 1 atom stereocenters. The van der Waals surface area contributed by atoms with Crippen LogP contribution in [-0.2, 0) is 13.6 Å². The molecule has 2 aromatic rings. The van der Waals surface area contributed by atoms with E-state index in [1.54, 1.807) is 6.33 Å². The molecule has 2 N–H and O–H groups in total. The number of hydrogen-bond donors (Lipinski definition) is 2. The first-order chi connectivity index (χ1) is 8.59. The second-order valence-corrected chi connectivity index (χ2v) is 4.49. The van der Waals surface area contributed by atoms with Crippen molar-refractivity contribution in [2.75, 3.05) is 0 Å². The van der Waals surface area contributed by atoms with Crippen molar-refractivity contribution in [2.45, 2.75) is 26.4 Å². The van der Waals surface area contributed by atoms with Gasteiger partial charge in [-0.3, -0.25) is 0 Å². The molecular weight excluding hydrogens is 228 g/mol. The Morgan fingerprint density at radius 2 is 2.22 bits per heavy atom. The molecule has 1 heterocycles. The van der Waals surface area contributed by atoms with Crippen LogP contribution in [0.4, 0.5) is 0 Å². The molecule has 0 saturated heterocycles. The van der Waals surface area contributed by atoms with Gasteiger partial charge in [-0.05, 0) is 19.4 Å². The number of aromatic nitrogens is 3. The van der Waals surface area contributed by atoms with E-state index in [4.69, 9.17) is 0 Å². The first-order valence-corrected chi connectivity index (χ1v) is 5.94. The quantitative estimate of drug-likeness (QED) is 0.861. The molecule has 0 amide bonds. The second kappa shape index (κ2) is 5.18. The summed E-state index contributed by atoms with van der Waals surface area (Å²) >= 11 is 0. The van der Waals surface area contributed by atoms with E-state index in [1.165, 1.54) is 0 Å². The molecule has 0 spiro atoms. The summed E-state index contributed by atoms with van der Waals surface area (Å²) in [7, 11) is 1.91. The lowest BCUT2D eigenvalue weighted by Gasteiger charge is -2.14. The van der Waals surface area contributed by atoms with Crippen molar-refractivity contribution in [1.82, 2.24) is 20.1 Å². The standard InChI is InChI=1S/C13H18N4O/c1-9-5-4-6-11(12(9)18)7-14-10(2)13-16-15-8-17(13)3/h4-6,8,10,14,18H,7H2,1-3H3. The molecule has 0 aliphatic heterocycles. The van der Waals surface area contributed by atoms with Gasteiger partial charge in [-0.25, -0.2) is 0 Å². The number of aryl methyl sites for hydroxylation is 2. The Morgan fingerprint density at radius 1 is 1.44 bits per heavy atom. The highest BCUT2D eigenvalue weighted by Crippen LogP contribution is 2.21. The zero-order valence-corrected chi connectivity index (χ0v) is 10.9. The summed E-state index contributed by atoms with van der Waals surface area (Å²) in [5.74, 6) is 1.23. The Balaban J connectivity index is 2.04. The third kappa shape index (κ3) is 2.51. The lowest BCUT2D eigenvalue weighted by molar-refractivity contribution is 0.453. The topological polar surface area (TPSA) is 63.0 Å². The lowest BCUT2D eigenvalue weighted by atomic mass is 10.1. The summed E-state index contributed by atoms with van der Waals surface area (Å²) in [6.07, 6.45) is 1.68. The Morgan fingerprint density at radius 3 is 2.89 bits per heavy atom. The minimum absolute atomic E-state index is 0.0809. The molecule has 1 aromatic carbocycles. The number of phenols is 1. The molecule has 18 heavy (non-hydrogen) atoms. The van der Waals surface area contributed by atoms with Crippen LogP contribution in [0.25, 0.3) is 0 Å². The fourth-order valence-corrected chi connectivity index (χ4v) is 1.90. The van der Waals surface area contributed by atoms with Crippen molar-refractivity contribution < 1.29 is 5.11 Å². The Labute approximate surface area is 106 Å². The van der Waals surface area contributed by atoms with Crippen LogP contribution in [0.3, 0.4) is 0 Å². The number of phenolic OH excluding ortho intramolecular Hbond substituents is 1. The summed E-state index contributed by atoms with van der Waals surface area (Å²) in [5.41, 5.74) is 1.78. The Kier molecular flexibility index (Phi) is 3.62. The average Bonchev–Trinajstić information content (AvgIpc) is 2.77. The fourth-order valence-electron chi connectivity index (χ4n) is 1.90. The van der Waals surface area contributed by atoms with Crippen LogP contribution in [0.15, 0.2) is 24.5 Å². The smallest absolute Gasteiger partial charge is 0.149 e. The molecule has 96 valence electrons. The van der Waals surface area contributed by atoms with E-state index in [0.717, 1.165) is 17.0 Å². The van der Waals surface area contributed by atoms with Gasteiger partial charge in [0.05, 0.1) is 6.04 Å². The maximum atomic E-state index is 9.92. The lowest BCUT2D eigenvalue weighted by Crippen LogP contribution is -2.21. The Hall–Kier alpha value is -1.88. The SMILES string of the molecule is Cc1cccc(CNC(C)c2nncn2C)c1O. The maximum absolute atomic E-state index is 9.92. The van der Waals surface area contributed by atoms with Crippen LogP contribution < -0.4 is 5.32 Å². The molecule has 0 fully saturated rings. The van der Waals surface area contributed by atoms with E-state index in [2.05, 4.69) is 15.5 Å². The number of rotatable bonds is 4. The first kappa shape index (κ1) is 12.6. The van der Waals surface area contributed by atoms with Crippen LogP contribution in [0.1, 0.15) is 29.9 Å². The number of aromatic hydroxyl groups is 1. The van der Waals surface area contributed by atoms with Crippen molar-refractivity contribution in [1.29, 1.82) is 0 Å². The minimum Gasteiger partial charge on any atom is -0.507 e. The van der Waals surface area contributed by atoms with Crippen LogP contribution in [0, 0.1) is 6.92 Å². The zero-order chi connectivity index (χ0) is 13.1. The van der Waals surface area contributed by atoms with E-state index in [-0.39, 0.29) is 6.04 Å². The number of nitrogens with one attached hydrogen (secondary N) is 1. The summed E-state index contributed by atoms with van der Waals surface area (Å²) in [6.45, 7) is 4.52. The van der Waals surface area contributed by atoms with E-state index in [0.29, 0.717) is 12.3 Å². The van der Waals surface area contributed by atoms with E-state index in [9.17, 15) is 5.11 Å². The molecule has 0 radical (unpaired) electrons. The van der Waals surface area contributed by atoms with Gasteiger partial charge in [0.2, 0.25) is 0 Å². The van der Waals surface area contributed by atoms with Gasteiger partial charge in [-0.2, -0.15) is 0 Å². The third-order valence-corrected chi connectivity index (χ3v) is 3.05. The fraction of sp³-hybridized carbons (Fsp3) is 0.385. The summed E-state index contributed by atoms with van der Waals surface area (Å²) in [6, 6.07) is 5.83. The third-order valence-electron chi connectivity index (χ3n) is 3.05. The van der Waals surface area contributed by atoms with Crippen molar-refractivity contribution in [3.8, 4) is 5.75 Å². The molecule has 2 rings (SSSR count). The van der Waals surface area contributed by atoms with Crippen LogP contribution >= 0.6 is 0 Å². The predicted octanol–water partition coefficient (Wildman–Crippen LogP) is 1.68. The number of hydrogen-bond acceptors (Lipinski definition) is 4. The molecule has 5 heteroatoms. The highest BCUT2D eigenvalue weighted by molar-refractivity contribution is 5.39. The highest BCUT2D eigenvalue weighted by Gasteiger charge is 2.11. The predicted molar refractivity (Wildman–Crippen MR) is 69.1 cm³/mol. The maximum Gasteiger partial charge on any atom is 0.149 e. The number of benzene rings is 1. The monoisotopic (exact) mass is 246 g/mol. The van der Waals surface area contributed by atoms with Gasteiger partial charge in [0.25, 0.3) is 0 Å². The number of para-hydroxylation sites is 1. The molecule has 1 aromatic heterocycles. The average molecular weight is 246 g/mol. The second-order valence-electron chi connectivity index (χ2n) is 4.49. The van der Waals surface area contributed by atoms with Crippen molar-refractivity contribution in [2.24, 2.45) is 7.05 Å². The Bertz CT molecular complexity index is 536. The normalized spacial score (nSPS) is 12.6. The van der Waals surface area contributed by atoms with Crippen LogP contribution in [-0.4, -0.2) is 19.9 Å². The van der Waals surface area contributed by atoms with Gasteiger partial charge < -0.3 is 15.0 Å². The van der Waals surface area contributed by atoms with E-state index >= 15 is 0 Å². The van der Waals surface area contributed by atoms with Crippen LogP contribution in [0.5, 0.6) is 5.75 Å². The molecule has 0 saturated carbocycles.